The molecule has 0 unspecified atom stereocenters. The molecule has 0 aliphatic carbocycles. The van der Waals surface area contributed by atoms with Gasteiger partial charge in [0.2, 0.25) is 0 Å². The zero-order chi connectivity index (χ0) is 34.4. The molecule has 0 saturated carbocycles. The van der Waals surface area contributed by atoms with E-state index in [-0.39, 0.29) is 0 Å². The van der Waals surface area contributed by atoms with Crippen LogP contribution < -0.4 is 20.2 Å². The van der Waals surface area contributed by atoms with Crippen LogP contribution in [-0.2, 0) is 0 Å². The molecule has 1 aliphatic heterocycles. The van der Waals surface area contributed by atoms with E-state index < -0.39 is 8.07 Å². The minimum atomic E-state index is -2.10. The molecule has 1 heterocycles. The van der Waals surface area contributed by atoms with E-state index in [4.69, 9.17) is 0 Å². The lowest BCUT2D eigenvalue weighted by Crippen LogP contribution is -2.56. The van der Waals surface area contributed by atoms with Crippen molar-refractivity contribution in [1.29, 1.82) is 0 Å². The Bertz CT molecular complexity index is 2400. The highest BCUT2D eigenvalue weighted by atomic mass is 28.3. The largest absolute Gasteiger partial charge is 0.311 e. The number of para-hydroxylation sites is 4. The first-order chi connectivity index (χ1) is 25.1. The molecule has 0 saturated heterocycles. The first kappa shape index (κ1) is 30.9. The van der Waals surface area contributed by atoms with Crippen LogP contribution in [0.3, 0.4) is 0 Å². The van der Waals surface area contributed by atoms with Crippen LogP contribution in [0.2, 0.25) is 13.1 Å². The predicted octanol–water partition coefficient (Wildman–Crippen LogP) is 12.2. The average molecular weight is 671 g/mol. The lowest BCUT2D eigenvalue weighted by molar-refractivity contribution is 1.28. The molecule has 2 nitrogen and oxygen atoms in total. The number of fused-ring (bicyclic) bond motifs is 2. The van der Waals surface area contributed by atoms with Crippen molar-refractivity contribution < 1.29 is 0 Å². The minimum absolute atomic E-state index is 1.14. The quantitative estimate of drug-likeness (QED) is 0.156. The molecule has 8 aromatic rings. The van der Waals surface area contributed by atoms with Gasteiger partial charge in [-0.1, -0.05) is 134 Å². The minimum Gasteiger partial charge on any atom is -0.311 e. The Balaban J connectivity index is 1.15. The molecular weight excluding hydrogens is 633 g/mol. The maximum absolute atomic E-state index is 2.52. The van der Waals surface area contributed by atoms with E-state index in [9.17, 15) is 0 Å². The van der Waals surface area contributed by atoms with Crippen molar-refractivity contribution in [2.45, 2.75) is 13.1 Å². The first-order valence-electron chi connectivity index (χ1n) is 17.7. The Morgan fingerprint density at radius 3 is 1.29 bits per heavy atom. The first-order valence-corrected chi connectivity index (χ1v) is 20.7. The van der Waals surface area contributed by atoms with Gasteiger partial charge in [0.15, 0.2) is 0 Å². The standard InChI is InChI=1S/C48H38N2Si/c1-51(2)46-25-15-24-44-42(35-26-28-40(29-27-35)49(36-16-7-3-8-17-36)37-18-9-4-10-19-37)32-33-45(48(44)46)43-31-30-41(34-47(43)51)50(38-20-11-5-12-21-38)39-22-13-6-14-23-39/h3-34H,1-2H3. The van der Waals surface area contributed by atoms with Crippen LogP contribution in [-0.4, -0.2) is 8.07 Å². The molecule has 8 aromatic carbocycles. The van der Waals surface area contributed by atoms with Gasteiger partial charge in [-0.2, -0.15) is 0 Å². The zero-order valence-electron chi connectivity index (χ0n) is 28.9. The lowest BCUT2D eigenvalue weighted by Gasteiger charge is -2.35. The van der Waals surface area contributed by atoms with E-state index in [1.54, 1.807) is 0 Å². The molecule has 0 spiro atoms. The molecule has 3 heteroatoms. The van der Waals surface area contributed by atoms with Gasteiger partial charge in [-0.05, 0) is 116 Å². The number of hydrogen-bond donors (Lipinski definition) is 0. The van der Waals surface area contributed by atoms with Gasteiger partial charge in [-0.15, -0.1) is 0 Å². The van der Waals surface area contributed by atoms with Gasteiger partial charge in [0, 0.05) is 34.1 Å². The van der Waals surface area contributed by atoms with Gasteiger partial charge in [-0.25, -0.2) is 0 Å². The van der Waals surface area contributed by atoms with Crippen molar-refractivity contribution in [2.75, 3.05) is 9.80 Å². The van der Waals surface area contributed by atoms with E-state index in [2.05, 4.69) is 217 Å². The molecule has 244 valence electrons. The fourth-order valence-corrected chi connectivity index (χ4v) is 11.1. The molecular formula is C48H38N2Si. The fourth-order valence-electron chi connectivity index (χ4n) is 7.96. The summed E-state index contributed by atoms with van der Waals surface area (Å²) >= 11 is 0. The van der Waals surface area contributed by atoms with E-state index in [1.807, 2.05) is 0 Å². The third-order valence-electron chi connectivity index (χ3n) is 10.4. The van der Waals surface area contributed by atoms with Gasteiger partial charge in [0.25, 0.3) is 0 Å². The predicted molar refractivity (Wildman–Crippen MR) is 221 cm³/mol. The maximum Gasteiger partial charge on any atom is 0.113 e. The van der Waals surface area contributed by atoms with Crippen molar-refractivity contribution in [1.82, 2.24) is 0 Å². The third kappa shape index (κ3) is 5.34. The number of hydrogen-bond acceptors (Lipinski definition) is 2. The lowest BCUT2D eigenvalue weighted by atomic mass is 9.91. The van der Waals surface area contributed by atoms with E-state index in [0.29, 0.717) is 0 Å². The summed E-state index contributed by atoms with van der Waals surface area (Å²) in [5.41, 5.74) is 12.1. The SMILES string of the molecule is C[Si]1(C)c2cc(N(c3ccccc3)c3ccccc3)ccc2-c2ccc(-c3ccc(N(c4ccccc4)c4ccccc4)cc3)c3cccc1c23. The van der Waals surface area contributed by atoms with E-state index in [1.165, 1.54) is 49.1 Å². The molecule has 0 N–H and O–H groups in total. The summed E-state index contributed by atoms with van der Waals surface area (Å²) in [4.78, 5) is 4.70. The van der Waals surface area contributed by atoms with Crippen LogP contribution in [0, 0.1) is 0 Å². The van der Waals surface area contributed by atoms with Crippen LogP contribution >= 0.6 is 0 Å². The zero-order valence-corrected chi connectivity index (χ0v) is 29.9. The van der Waals surface area contributed by atoms with E-state index in [0.717, 1.165) is 28.4 Å². The Morgan fingerprint density at radius 1 is 0.333 bits per heavy atom. The number of benzene rings is 8. The normalized spacial score (nSPS) is 12.7. The Labute approximate surface area is 301 Å². The summed E-state index contributed by atoms with van der Waals surface area (Å²) in [6.07, 6.45) is 0. The van der Waals surface area contributed by atoms with E-state index >= 15 is 0 Å². The van der Waals surface area contributed by atoms with Crippen molar-refractivity contribution in [3.05, 3.63) is 194 Å². The summed E-state index contributed by atoms with van der Waals surface area (Å²) in [5.74, 6) is 0. The Hall–Kier alpha value is -6.16. The highest BCUT2D eigenvalue weighted by Crippen LogP contribution is 2.42. The van der Waals surface area contributed by atoms with Crippen LogP contribution in [0.15, 0.2) is 194 Å². The second-order valence-corrected chi connectivity index (χ2v) is 18.1. The van der Waals surface area contributed by atoms with Gasteiger partial charge < -0.3 is 9.80 Å². The van der Waals surface area contributed by atoms with Gasteiger partial charge in [-0.3, -0.25) is 0 Å². The summed E-state index contributed by atoms with van der Waals surface area (Å²) in [6.45, 7) is 5.04. The monoisotopic (exact) mass is 670 g/mol. The highest BCUT2D eigenvalue weighted by molar-refractivity contribution is 7.03. The molecule has 1 aliphatic rings. The van der Waals surface area contributed by atoms with Gasteiger partial charge in [0.05, 0.1) is 0 Å². The van der Waals surface area contributed by atoms with Gasteiger partial charge >= 0.3 is 0 Å². The third-order valence-corrected chi connectivity index (χ3v) is 14.0. The maximum atomic E-state index is 2.52. The Kier molecular flexibility index (Phi) is 7.64. The number of nitrogens with zero attached hydrogens (tertiary/aromatic N) is 2. The highest BCUT2D eigenvalue weighted by Gasteiger charge is 2.36. The van der Waals surface area contributed by atoms with Crippen LogP contribution in [0.5, 0.6) is 0 Å². The summed E-state index contributed by atoms with van der Waals surface area (Å²) in [6, 6.07) is 70.5. The summed E-state index contributed by atoms with van der Waals surface area (Å²) < 4.78 is 0. The fraction of sp³-hybridized carbons (Fsp3) is 0.0417. The number of anilines is 6. The molecule has 0 amide bonds. The molecule has 0 radical (unpaired) electrons. The smallest absolute Gasteiger partial charge is 0.113 e. The summed E-state index contributed by atoms with van der Waals surface area (Å²) in [5, 5.41) is 5.72. The van der Waals surface area contributed by atoms with Crippen molar-refractivity contribution in [3.8, 4) is 22.3 Å². The van der Waals surface area contributed by atoms with Crippen molar-refractivity contribution in [3.63, 3.8) is 0 Å². The number of rotatable bonds is 7. The summed E-state index contributed by atoms with van der Waals surface area (Å²) in [7, 11) is -2.10. The van der Waals surface area contributed by atoms with Crippen molar-refractivity contribution >= 4 is 63.3 Å². The topological polar surface area (TPSA) is 6.48 Å². The second-order valence-electron chi connectivity index (χ2n) is 13.8. The molecule has 0 aromatic heterocycles. The van der Waals surface area contributed by atoms with Crippen LogP contribution in [0.25, 0.3) is 33.0 Å². The molecule has 51 heavy (non-hydrogen) atoms. The van der Waals surface area contributed by atoms with Crippen LogP contribution in [0.1, 0.15) is 0 Å². The van der Waals surface area contributed by atoms with Crippen molar-refractivity contribution in [2.24, 2.45) is 0 Å². The molecule has 0 fully saturated rings. The van der Waals surface area contributed by atoms with Crippen LogP contribution in [0.4, 0.5) is 34.1 Å². The molecule has 0 bridgehead atoms. The Morgan fingerprint density at radius 2 is 0.765 bits per heavy atom. The average Bonchev–Trinajstić information content (AvgIpc) is 3.19. The molecule has 0 atom stereocenters. The molecule has 9 rings (SSSR count). The second kappa shape index (κ2) is 12.6. The van der Waals surface area contributed by atoms with Gasteiger partial charge in [0.1, 0.15) is 8.07 Å².